The number of hydrogen-bond acceptors (Lipinski definition) is 9. The van der Waals surface area contributed by atoms with E-state index in [9.17, 15) is 24.0 Å². The number of fused-ring (bicyclic) bond motifs is 5. The van der Waals surface area contributed by atoms with Crippen LogP contribution < -0.4 is 10.9 Å². The fraction of sp³-hybridized carbons (Fsp3) is 0.486. The van der Waals surface area contributed by atoms with Gasteiger partial charge in [0.2, 0.25) is 5.91 Å². The van der Waals surface area contributed by atoms with Crippen LogP contribution in [0.25, 0.3) is 22.3 Å². The van der Waals surface area contributed by atoms with Gasteiger partial charge in [-0.05, 0) is 97.1 Å². The highest BCUT2D eigenvalue weighted by atomic mass is 127. The first-order valence-corrected chi connectivity index (χ1v) is 17.8. The van der Waals surface area contributed by atoms with Gasteiger partial charge in [0.15, 0.2) is 3.79 Å². The van der Waals surface area contributed by atoms with Crippen LogP contribution in [0.15, 0.2) is 23.0 Å². The second-order valence-electron chi connectivity index (χ2n) is 13.1. The van der Waals surface area contributed by atoms with Crippen LogP contribution in [0.3, 0.4) is 0 Å². The van der Waals surface area contributed by atoms with Gasteiger partial charge in [0.25, 0.3) is 5.56 Å². The van der Waals surface area contributed by atoms with Gasteiger partial charge in [-0.1, -0.05) is 25.4 Å². The largest absolute Gasteiger partial charge is 0.460 e. The molecule has 0 spiro atoms. The van der Waals surface area contributed by atoms with Gasteiger partial charge in [-0.2, -0.15) is 0 Å². The number of cyclic esters (lactones) is 1. The van der Waals surface area contributed by atoms with E-state index in [-0.39, 0.29) is 47.2 Å². The van der Waals surface area contributed by atoms with Crippen LogP contribution >= 0.6 is 34.2 Å². The van der Waals surface area contributed by atoms with Gasteiger partial charge in [-0.15, -0.1) is 0 Å². The molecule has 254 valence electrons. The number of carbonyl (C=O) groups is 4. The number of likely N-dealkylation sites (tertiary alicyclic amines) is 1. The van der Waals surface area contributed by atoms with E-state index in [1.165, 1.54) is 0 Å². The van der Waals surface area contributed by atoms with E-state index in [1.807, 2.05) is 19.1 Å². The first-order valence-electron chi connectivity index (χ1n) is 16.3. The monoisotopic (exact) mass is 788 g/mol. The number of esters is 2. The first kappa shape index (κ1) is 34.5. The number of ether oxygens (including phenoxy) is 2. The zero-order chi connectivity index (χ0) is 34.3. The molecule has 0 bridgehead atoms. The number of carbonyl (C=O) groups excluding carboxylic acids is 4. The first-order chi connectivity index (χ1) is 22.9. The molecule has 2 aromatic heterocycles. The normalized spacial score (nSPS) is 19.2. The van der Waals surface area contributed by atoms with Crippen molar-refractivity contribution in [3.8, 4) is 11.4 Å². The lowest BCUT2D eigenvalue weighted by atomic mass is 9.85. The van der Waals surface area contributed by atoms with E-state index >= 15 is 0 Å². The molecular weight excluding hydrogens is 751 g/mol. The Morgan fingerprint density at radius 3 is 2.60 bits per heavy atom. The summed E-state index contributed by atoms with van der Waals surface area (Å²) >= 11 is 8.20. The number of halogens is 2. The van der Waals surface area contributed by atoms with Crippen molar-refractivity contribution in [2.45, 2.75) is 84.6 Å². The molecule has 1 atom stereocenters. The number of nitrogens with zero attached hydrogens (tertiary/aromatic N) is 3. The third-order valence-corrected chi connectivity index (χ3v) is 10.8. The summed E-state index contributed by atoms with van der Waals surface area (Å²) in [4.78, 5) is 71.3. The number of amides is 1. The molecule has 13 heteroatoms. The fourth-order valence-corrected chi connectivity index (χ4v) is 7.42. The summed E-state index contributed by atoms with van der Waals surface area (Å²) < 4.78 is 13.0. The summed E-state index contributed by atoms with van der Waals surface area (Å²) in [5, 5.41) is 4.09. The van der Waals surface area contributed by atoms with Crippen molar-refractivity contribution in [2.75, 3.05) is 19.6 Å². The molecule has 0 unspecified atom stereocenters. The molecule has 3 aliphatic heterocycles. The summed E-state index contributed by atoms with van der Waals surface area (Å²) in [5.41, 5.74) is 3.77. The lowest BCUT2D eigenvalue weighted by Crippen LogP contribution is -2.40. The Balaban J connectivity index is 1.43. The van der Waals surface area contributed by atoms with Crippen LogP contribution in [-0.4, -0.2) is 55.7 Å². The number of piperidine rings is 1. The number of aromatic nitrogens is 2. The van der Waals surface area contributed by atoms with Crippen LogP contribution in [0.5, 0.6) is 0 Å². The second-order valence-corrected chi connectivity index (χ2v) is 14.7. The van der Waals surface area contributed by atoms with Crippen molar-refractivity contribution in [3.63, 3.8) is 0 Å². The van der Waals surface area contributed by atoms with Gasteiger partial charge in [0.1, 0.15) is 18.8 Å². The van der Waals surface area contributed by atoms with E-state index in [2.05, 4.69) is 23.2 Å². The molecule has 11 nitrogen and oxygen atoms in total. The number of nitrogens with one attached hydrogen (secondary N) is 1. The van der Waals surface area contributed by atoms with Crippen molar-refractivity contribution in [3.05, 3.63) is 61.4 Å². The lowest BCUT2D eigenvalue weighted by molar-refractivity contribution is -0.167. The Hall–Kier alpha value is -3.36. The van der Waals surface area contributed by atoms with Crippen molar-refractivity contribution >= 4 is 66.7 Å². The predicted octanol–water partition coefficient (Wildman–Crippen LogP) is 5.07. The fourth-order valence-electron chi connectivity index (χ4n) is 6.99. The minimum Gasteiger partial charge on any atom is -0.460 e. The van der Waals surface area contributed by atoms with Gasteiger partial charge in [-0.25, -0.2) is 4.98 Å². The third-order valence-electron chi connectivity index (χ3n) is 9.86. The highest BCUT2D eigenvalue weighted by Gasteiger charge is 2.44. The predicted molar refractivity (Wildman–Crippen MR) is 188 cm³/mol. The van der Waals surface area contributed by atoms with Crippen LogP contribution in [0.2, 0.25) is 5.02 Å². The highest BCUT2D eigenvalue weighted by Crippen LogP contribution is 2.43. The number of aryl methyl sites for hydroxylation is 1. The molecule has 1 N–H and O–H groups in total. The minimum absolute atomic E-state index is 0.0458. The summed E-state index contributed by atoms with van der Waals surface area (Å²) in [6.07, 6.45) is 2.11. The molecule has 0 saturated carbocycles. The Kier molecular flexibility index (Phi) is 9.97. The summed E-state index contributed by atoms with van der Waals surface area (Å²) in [5.74, 6) is -1.17. The maximum atomic E-state index is 14.3. The SMILES string of the molecule is CC[C@@]1(OC(=O)CNC(=O)CCC(=O)I)CC(=O)OCc2c1cc1n(c2=O)Cc2c-1nc1cc(Cl)c(C)cc1c2CN1CCC(C)CC1. The molecule has 5 heterocycles. The second kappa shape index (κ2) is 13.9. The summed E-state index contributed by atoms with van der Waals surface area (Å²) in [7, 11) is 0. The molecule has 3 aromatic rings. The number of rotatable bonds is 9. The van der Waals surface area contributed by atoms with Crippen LogP contribution in [0, 0.1) is 12.8 Å². The Labute approximate surface area is 296 Å². The molecule has 1 amide bonds. The van der Waals surface area contributed by atoms with Gasteiger partial charge >= 0.3 is 11.9 Å². The highest BCUT2D eigenvalue weighted by molar-refractivity contribution is 14.1. The summed E-state index contributed by atoms with van der Waals surface area (Å²) in [6, 6.07) is 5.76. The van der Waals surface area contributed by atoms with Crippen LogP contribution in [0.1, 0.15) is 80.2 Å². The van der Waals surface area contributed by atoms with Crippen LogP contribution in [0.4, 0.5) is 0 Å². The van der Waals surface area contributed by atoms with Gasteiger partial charge in [0, 0.05) is 40.9 Å². The lowest BCUT2D eigenvalue weighted by Gasteiger charge is -2.32. The molecule has 48 heavy (non-hydrogen) atoms. The molecule has 1 saturated heterocycles. The molecule has 0 radical (unpaired) electrons. The van der Waals surface area contributed by atoms with Gasteiger partial charge < -0.3 is 19.4 Å². The van der Waals surface area contributed by atoms with Gasteiger partial charge in [0.05, 0.1) is 35.4 Å². The van der Waals surface area contributed by atoms with Crippen LogP contribution in [-0.2, 0) is 53.9 Å². The summed E-state index contributed by atoms with van der Waals surface area (Å²) in [6.45, 7) is 8.30. The van der Waals surface area contributed by atoms with E-state index < -0.39 is 30.0 Å². The zero-order valence-electron chi connectivity index (χ0n) is 27.2. The molecular formula is C35H38ClIN4O7. The van der Waals surface area contributed by atoms with Crippen molar-refractivity contribution < 1.29 is 28.7 Å². The molecule has 6 rings (SSSR count). The molecule has 3 aliphatic rings. The molecule has 1 fully saturated rings. The maximum absolute atomic E-state index is 14.3. The molecule has 0 aliphatic carbocycles. The van der Waals surface area contributed by atoms with E-state index in [0.717, 1.165) is 53.5 Å². The minimum atomic E-state index is -1.51. The average molecular weight is 789 g/mol. The Morgan fingerprint density at radius 1 is 1.15 bits per heavy atom. The average Bonchev–Trinajstić information content (AvgIpc) is 3.35. The topological polar surface area (TPSA) is 137 Å². The van der Waals surface area contributed by atoms with E-state index in [0.29, 0.717) is 41.0 Å². The van der Waals surface area contributed by atoms with E-state index in [1.54, 1.807) is 34.1 Å². The zero-order valence-corrected chi connectivity index (χ0v) is 30.2. The Morgan fingerprint density at radius 2 is 1.90 bits per heavy atom. The van der Waals surface area contributed by atoms with Crippen molar-refractivity contribution in [1.29, 1.82) is 0 Å². The smallest absolute Gasteiger partial charge is 0.326 e. The Bertz CT molecular complexity index is 1900. The number of hydrogen-bond donors (Lipinski definition) is 1. The maximum Gasteiger partial charge on any atom is 0.326 e. The van der Waals surface area contributed by atoms with Crippen molar-refractivity contribution in [1.82, 2.24) is 19.8 Å². The number of benzene rings is 1. The standard InChI is InChI=1S/C35H38ClIN4O7/c1-4-35(48-32(45)15-38-30(43)6-5-29(37)42)14-31(44)47-18-24-25(35)12-28-33-23(17-41(28)34(24)46)22(16-40-9-7-19(2)8-10-40)21-11-20(3)26(36)13-27(21)39-33/h11-13,19H,4-10,14-18H2,1-3H3,(H,38,43)/t35-/m1/s1. The van der Waals surface area contributed by atoms with Gasteiger partial charge in [-0.3, -0.25) is 28.9 Å². The number of pyridine rings is 2. The molecule has 1 aromatic carbocycles. The quantitative estimate of drug-likeness (QED) is 0.140. The van der Waals surface area contributed by atoms with E-state index in [4.69, 9.17) is 26.1 Å². The van der Waals surface area contributed by atoms with Crippen molar-refractivity contribution in [2.24, 2.45) is 5.92 Å². The third kappa shape index (κ3) is 6.75.